The van der Waals surface area contributed by atoms with Gasteiger partial charge in [0, 0.05) is 24.4 Å². The van der Waals surface area contributed by atoms with E-state index in [4.69, 9.17) is 19.6 Å². The molecule has 1 amide bonds. The first-order valence-corrected chi connectivity index (χ1v) is 12.7. The molecule has 2 aliphatic rings. The average molecular weight is 528 g/mol. The highest BCUT2D eigenvalue weighted by atomic mass is 32.2. The Morgan fingerprint density at radius 2 is 1.87 bits per heavy atom. The smallest absolute Gasteiger partial charge is 0.283 e. The third-order valence-electron chi connectivity index (χ3n) is 5.70. The van der Waals surface area contributed by atoms with Crippen LogP contribution in [-0.2, 0) is 4.79 Å². The van der Waals surface area contributed by atoms with Crippen molar-refractivity contribution in [3.63, 3.8) is 0 Å². The maximum absolute atomic E-state index is 12.8. The number of hydrogen-bond donors (Lipinski definition) is 1. The molecule has 0 spiro atoms. The van der Waals surface area contributed by atoms with Crippen molar-refractivity contribution in [1.29, 1.82) is 5.41 Å². The van der Waals surface area contributed by atoms with Gasteiger partial charge in [-0.1, -0.05) is 23.8 Å². The van der Waals surface area contributed by atoms with Crippen LogP contribution < -0.4 is 14.2 Å². The average Bonchev–Trinajstić information content (AvgIpc) is 3.37. The largest absolute Gasteiger partial charge is 0.493 e. The summed E-state index contributed by atoms with van der Waals surface area (Å²) in [5, 5.41) is 15.4. The Kier molecular flexibility index (Phi) is 7.50. The van der Waals surface area contributed by atoms with E-state index in [0.29, 0.717) is 46.9 Å². The summed E-state index contributed by atoms with van der Waals surface area (Å²) in [5.41, 5.74) is 2.79. The Balaban J connectivity index is 1.24. The minimum absolute atomic E-state index is 0.0424. The van der Waals surface area contributed by atoms with Crippen LogP contribution in [0.1, 0.15) is 23.1 Å². The second kappa shape index (κ2) is 11.3. The van der Waals surface area contributed by atoms with E-state index in [1.807, 2.05) is 37.3 Å². The molecule has 0 aliphatic carbocycles. The van der Waals surface area contributed by atoms with E-state index in [1.165, 1.54) is 22.3 Å². The highest BCUT2D eigenvalue weighted by Crippen LogP contribution is 2.32. The normalized spacial score (nSPS) is 15.7. The van der Waals surface area contributed by atoms with Gasteiger partial charge in [-0.3, -0.25) is 15.2 Å². The second-order valence-electron chi connectivity index (χ2n) is 8.44. The summed E-state index contributed by atoms with van der Waals surface area (Å²) in [6.45, 7) is 3.02. The number of fused-ring (bicyclic) bond motifs is 1. The van der Waals surface area contributed by atoms with E-state index in [2.05, 4.69) is 15.1 Å². The fraction of sp³-hybridized carbons (Fsp3) is 0.179. The van der Waals surface area contributed by atoms with Crippen LogP contribution in [0.5, 0.6) is 17.2 Å². The van der Waals surface area contributed by atoms with Crippen molar-refractivity contribution in [1.82, 2.24) is 9.99 Å². The number of thioether (sulfide) groups is 1. The van der Waals surface area contributed by atoms with Crippen molar-refractivity contribution in [3.8, 4) is 17.2 Å². The molecule has 9 nitrogen and oxygen atoms in total. The molecule has 38 heavy (non-hydrogen) atoms. The molecule has 2 aromatic carbocycles. The van der Waals surface area contributed by atoms with Gasteiger partial charge < -0.3 is 14.2 Å². The maximum Gasteiger partial charge on any atom is 0.283 e. The molecule has 1 aromatic heterocycles. The van der Waals surface area contributed by atoms with Gasteiger partial charge in [-0.25, -0.2) is 0 Å². The molecular weight excluding hydrogens is 502 g/mol. The standard InChI is InChI=1S/C28H25N5O4S/c1-18-6-9-21(10-7-18)36-13-4-14-37-23-11-8-19(16-24(23)35-2)15-22-25(29)33-28(31-26(22)34)38-27(32-33)20-5-3-12-30-17-20/h3,5-12,15-17,29H,4,13-14H2,1-2H3. The second-order valence-corrected chi connectivity index (χ2v) is 9.40. The number of hydrazone groups is 1. The SMILES string of the molecule is COc1cc(C=C2C(=N)N3N=C(c4cccnc4)SC3=NC2=O)ccc1OCCCOc1ccc(C)cc1. The molecular formula is C28H25N5O4S. The Labute approximate surface area is 224 Å². The first-order chi connectivity index (χ1) is 18.5. The zero-order chi connectivity index (χ0) is 26.5. The number of carbonyl (C=O) groups excluding carboxylic acids is 1. The zero-order valence-electron chi connectivity index (χ0n) is 20.9. The van der Waals surface area contributed by atoms with E-state index >= 15 is 0 Å². The van der Waals surface area contributed by atoms with Gasteiger partial charge in [0.25, 0.3) is 5.91 Å². The van der Waals surface area contributed by atoms with Crippen molar-refractivity contribution in [2.75, 3.05) is 20.3 Å². The van der Waals surface area contributed by atoms with Crippen molar-refractivity contribution < 1.29 is 19.0 Å². The number of rotatable bonds is 9. The fourth-order valence-corrected chi connectivity index (χ4v) is 4.60. The molecule has 0 radical (unpaired) electrons. The van der Waals surface area contributed by atoms with E-state index < -0.39 is 5.91 Å². The molecule has 0 bridgehead atoms. The Hall–Kier alpha value is -4.44. The third kappa shape index (κ3) is 5.60. The van der Waals surface area contributed by atoms with Crippen LogP contribution in [0.3, 0.4) is 0 Å². The summed E-state index contributed by atoms with van der Waals surface area (Å²) in [6.07, 6.45) is 5.66. The summed E-state index contributed by atoms with van der Waals surface area (Å²) in [6, 6.07) is 16.9. The molecule has 3 aromatic rings. The highest BCUT2D eigenvalue weighted by Gasteiger charge is 2.36. The van der Waals surface area contributed by atoms with E-state index in [0.717, 1.165) is 11.3 Å². The summed E-state index contributed by atoms with van der Waals surface area (Å²) in [7, 11) is 1.56. The van der Waals surface area contributed by atoms with Crippen LogP contribution >= 0.6 is 11.8 Å². The minimum atomic E-state index is -0.496. The van der Waals surface area contributed by atoms with Crippen molar-refractivity contribution >= 4 is 39.8 Å². The molecule has 0 fully saturated rings. The number of aryl methyl sites for hydroxylation is 1. The molecule has 5 rings (SSSR count). The lowest BCUT2D eigenvalue weighted by atomic mass is 10.1. The van der Waals surface area contributed by atoms with Gasteiger partial charge >= 0.3 is 0 Å². The van der Waals surface area contributed by atoms with Gasteiger partial charge in [0.15, 0.2) is 17.3 Å². The highest BCUT2D eigenvalue weighted by molar-refractivity contribution is 8.27. The summed E-state index contributed by atoms with van der Waals surface area (Å²) >= 11 is 1.23. The summed E-state index contributed by atoms with van der Waals surface area (Å²) in [4.78, 5) is 21.0. The molecule has 0 saturated heterocycles. The van der Waals surface area contributed by atoms with Gasteiger partial charge in [0.2, 0.25) is 5.17 Å². The Bertz CT molecular complexity index is 1450. The summed E-state index contributed by atoms with van der Waals surface area (Å²) in [5.74, 6) is 1.39. The lowest BCUT2D eigenvalue weighted by Crippen LogP contribution is -2.35. The van der Waals surface area contributed by atoms with E-state index in [1.54, 1.807) is 49.8 Å². The quantitative estimate of drug-likeness (QED) is 0.311. The predicted octanol–water partition coefficient (Wildman–Crippen LogP) is 4.91. The molecule has 1 N–H and O–H groups in total. The number of ether oxygens (including phenoxy) is 3. The first-order valence-electron chi connectivity index (χ1n) is 11.9. The van der Waals surface area contributed by atoms with Crippen LogP contribution in [-0.4, -0.2) is 52.3 Å². The number of amidine groups is 2. The van der Waals surface area contributed by atoms with Crippen molar-refractivity contribution in [3.05, 3.63) is 89.3 Å². The van der Waals surface area contributed by atoms with E-state index in [-0.39, 0.29) is 11.4 Å². The maximum atomic E-state index is 12.8. The van der Waals surface area contributed by atoms with Gasteiger partial charge in [-0.15, -0.1) is 0 Å². The van der Waals surface area contributed by atoms with Gasteiger partial charge in [0.1, 0.15) is 10.8 Å². The number of nitrogens with zero attached hydrogens (tertiary/aromatic N) is 4. The molecule has 3 heterocycles. The molecule has 0 saturated carbocycles. The third-order valence-corrected chi connectivity index (χ3v) is 6.66. The number of methoxy groups -OCH3 is 1. The van der Waals surface area contributed by atoms with Crippen LogP contribution in [0.25, 0.3) is 6.08 Å². The number of aliphatic imine (C=N–C) groups is 1. The summed E-state index contributed by atoms with van der Waals surface area (Å²) < 4.78 is 17.1. The van der Waals surface area contributed by atoms with Crippen LogP contribution in [0.4, 0.5) is 0 Å². The number of pyridine rings is 1. The van der Waals surface area contributed by atoms with Gasteiger partial charge in [0.05, 0.1) is 25.9 Å². The van der Waals surface area contributed by atoms with Gasteiger partial charge in [-0.2, -0.15) is 15.1 Å². The Morgan fingerprint density at radius 1 is 1.05 bits per heavy atom. The topological polar surface area (TPSA) is 109 Å². The van der Waals surface area contributed by atoms with Gasteiger partial charge in [-0.05, 0) is 66.7 Å². The number of carbonyl (C=O) groups is 1. The number of aromatic nitrogens is 1. The van der Waals surface area contributed by atoms with Crippen LogP contribution in [0.15, 0.2) is 82.7 Å². The zero-order valence-corrected chi connectivity index (χ0v) is 21.7. The first kappa shape index (κ1) is 25.2. The molecule has 192 valence electrons. The molecule has 0 atom stereocenters. The van der Waals surface area contributed by atoms with Crippen LogP contribution in [0.2, 0.25) is 0 Å². The number of nitrogens with one attached hydrogen (secondary N) is 1. The molecule has 10 heteroatoms. The number of amides is 1. The lowest BCUT2D eigenvalue weighted by Gasteiger charge is -2.20. The lowest BCUT2D eigenvalue weighted by molar-refractivity contribution is -0.114. The minimum Gasteiger partial charge on any atom is -0.493 e. The fourth-order valence-electron chi connectivity index (χ4n) is 3.72. The Morgan fingerprint density at radius 3 is 2.63 bits per heavy atom. The van der Waals surface area contributed by atoms with E-state index in [9.17, 15) is 4.79 Å². The van der Waals surface area contributed by atoms with Crippen molar-refractivity contribution in [2.24, 2.45) is 10.1 Å². The molecule has 0 unspecified atom stereocenters. The van der Waals surface area contributed by atoms with Crippen molar-refractivity contribution in [2.45, 2.75) is 13.3 Å². The number of benzene rings is 2. The molecule has 2 aliphatic heterocycles. The monoisotopic (exact) mass is 527 g/mol. The van der Waals surface area contributed by atoms with Crippen LogP contribution in [0, 0.1) is 12.3 Å². The predicted molar refractivity (Wildman–Crippen MR) is 148 cm³/mol. The number of hydrogen-bond acceptors (Lipinski definition) is 8.